The largest absolute Gasteiger partial charge is 1.00 e. The van der Waals surface area contributed by atoms with Crippen LogP contribution in [-0.2, 0) is 21.2 Å². The number of carbonyl (C=O) groups excluding carboxylic acids is 1. The van der Waals surface area contributed by atoms with Crippen molar-refractivity contribution in [2.24, 2.45) is 0 Å². The first-order valence-electron chi connectivity index (χ1n) is 9.61. The number of nitrogens with zero attached hydrogens (tertiary/aromatic N) is 2. The molecule has 2 heterocycles. The Bertz CT molecular complexity index is 1650. The molecular weight excluding hydrogens is 546 g/mol. The summed E-state index contributed by atoms with van der Waals surface area (Å²) in [7, 11) is -2.66. The van der Waals surface area contributed by atoms with Crippen LogP contribution in [0.25, 0.3) is 21.3 Å². The van der Waals surface area contributed by atoms with E-state index in [2.05, 4.69) is 15.0 Å². The fourth-order valence-corrected chi connectivity index (χ4v) is 5.63. The Labute approximate surface area is 249 Å². The zero-order chi connectivity index (χ0) is 24.6. The summed E-state index contributed by atoms with van der Waals surface area (Å²) in [5.74, 6) is -1.54. The van der Waals surface area contributed by atoms with E-state index < -0.39 is 33.0 Å². The van der Waals surface area contributed by atoms with E-state index >= 15 is 0 Å². The molecule has 2 aromatic heterocycles. The van der Waals surface area contributed by atoms with E-state index in [9.17, 15) is 27.2 Å². The van der Waals surface area contributed by atoms with Gasteiger partial charge in [-0.2, -0.15) is 0 Å². The fraction of sp³-hybridized carbons (Fsp3) is 0.0952. The van der Waals surface area contributed by atoms with Crippen LogP contribution in [0.3, 0.4) is 0 Å². The molecule has 4 rings (SSSR count). The van der Waals surface area contributed by atoms with Gasteiger partial charge in [0.2, 0.25) is 0 Å². The van der Waals surface area contributed by atoms with Crippen molar-refractivity contribution in [3.8, 4) is 5.69 Å². The molecule has 4 aromatic rings. The topological polar surface area (TPSA) is 132 Å². The maximum atomic E-state index is 14.1. The number of sulfonamides is 1. The molecular formula is C21H15ClFKN4O5S2. The van der Waals surface area contributed by atoms with E-state index in [0.29, 0.717) is 5.56 Å². The molecule has 0 radical (unpaired) electrons. The third-order valence-corrected chi connectivity index (χ3v) is 7.83. The Morgan fingerprint density at radius 3 is 2.46 bits per heavy atom. The maximum absolute atomic E-state index is 14.1. The van der Waals surface area contributed by atoms with Gasteiger partial charge in [-0.1, -0.05) is 23.7 Å². The minimum Gasteiger partial charge on any atom is -0.541 e. The number of H-pyrrole nitrogens is 1. The smallest absolute Gasteiger partial charge is 0.541 e. The third-order valence-electron chi connectivity index (χ3n) is 4.83. The van der Waals surface area contributed by atoms with Crippen LogP contribution in [-0.4, -0.2) is 30.9 Å². The molecule has 0 bridgehead atoms. The normalized spacial score (nSPS) is 11.2. The van der Waals surface area contributed by atoms with Gasteiger partial charge in [-0.3, -0.25) is 4.79 Å². The molecule has 0 aliphatic heterocycles. The molecule has 1 amide bonds. The quantitative estimate of drug-likeness (QED) is 0.328. The second-order valence-corrected chi connectivity index (χ2v) is 10.6. The van der Waals surface area contributed by atoms with Crippen molar-refractivity contribution in [1.29, 1.82) is 0 Å². The van der Waals surface area contributed by atoms with Crippen molar-refractivity contribution < 1.29 is 69.0 Å². The van der Waals surface area contributed by atoms with Gasteiger partial charge < -0.3 is 19.8 Å². The van der Waals surface area contributed by atoms with E-state index in [-0.39, 0.29) is 88.6 Å². The molecule has 0 saturated carbocycles. The van der Waals surface area contributed by atoms with Gasteiger partial charge in [0.1, 0.15) is 20.0 Å². The van der Waals surface area contributed by atoms with Crippen LogP contribution < -0.4 is 68.0 Å². The number of carbonyl (C=O) groups is 1. The van der Waals surface area contributed by atoms with Gasteiger partial charge in [-0.05, 0) is 42.0 Å². The van der Waals surface area contributed by atoms with E-state index in [1.807, 2.05) is 0 Å². The Kier molecular flexibility index (Phi) is 8.76. The number of fused-ring (bicyclic) bond motifs is 1. The fourth-order valence-electron chi connectivity index (χ4n) is 3.25. The molecule has 2 N–H and O–H groups in total. The average Bonchev–Trinajstić information content (AvgIpc) is 3.22. The van der Waals surface area contributed by atoms with Crippen LogP contribution in [0, 0.1) is 5.82 Å². The number of hydrogen-bond acceptors (Lipinski definition) is 7. The molecule has 176 valence electrons. The van der Waals surface area contributed by atoms with E-state index in [4.69, 9.17) is 11.6 Å². The second-order valence-electron chi connectivity index (χ2n) is 7.06. The van der Waals surface area contributed by atoms with Crippen LogP contribution in [0.1, 0.15) is 5.56 Å². The molecule has 0 fully saturated rings. The predicted octanol–water partition coefficient (Wildman–Crippen LogP) is 0.410. The van der Waals surface area contributed by atoms with Gasteiger partial charge >= 0.3 is 57.1 Å². The third kappa shape index (κ3) is 5.94. The van der Waals surface area contributed by atoms with Gasteiger partial charge in [-0.15, -0.1) is 11.3 Å². The Hall–Kier alpha value is -1.84. The van der Waals surface area contributed by atoms with Gasteiger partial charge in [0.05, 0.1) is 32.5 Å². The monoisotopic (exact) mass is 560 g/mol. The summed E-state index contributed by atoms with van der Waals surface area (Å²) in [6.45, 7) is 0. The Morgan fingerprint density at radius 1 is 1.17 bits per heavy atom. The first kappa shape index (κ1) is 27.7. The van der Waals surface area contributed by atoms with Crippen LogP contribution in [0.4, 0.5) is 10.1 Å². The number of aromatic amines is 1. The van der Waals surface area contributed by atoms with E-state index in [0.717, 1.165) is 22.0 Å². The minimum atomic E-state index is -4.17. The standard InChI is InChI=1S/C21H16ClFN4O5S2.K/c1-24-16-10-15-13(9-14(16)23)20(29)27(21(30)25-15)12-4-2-11(3-5-12)8-18(28)26-34(31,32)19-7-6-17(22)33-19;/h2-7,9-10H,8H2,1H3,(H3,24,25,26,28,29,30);/q;+1/p-1. The van der Waals surface area contributed by atoms with Gasteiger partial charge in [0, 0.05) is 13.5 Å². The number of nitrogens with one attached hydrogen (secondary N) is 2. The van der Waals surface area contributed by atoms with Crippen LogP contribution in [0.5, 0.6) is 0 Å². The number of thiophene rings is 1. The zero-order valence-corrected chi connectivity index (χ0v) is 23.8. The first-order chi connectivity index (χ1) is 16.1. The molecule has 0 atom stereocenters. The van der Waals surface area contributed by atoms with Crippen LogP contribution >= 0.6 is 22.9 Å². The number of aromatic nitrogens is 2. The number of amides is 1. The van der Waals surface area contributed by atoms with Gasteiger partial charge in [0.15, 0.2) is 0 Å². The number of benzene rings is 2. The van der Waals surface area contributed by atoms with Crippen molar-refractivity contribution in [2.75, 3.05) is 12.4 Å². The SMILES string of the molecule is CNc1cc2[nH]c(=O)n(-c3ccc(CC(=O)[N-]S(=O)(=O)c4ccc(Cl)s4)cc3)c(=O)c2cc1F.[K+]. The Balaban J connectivity index is 0.00000342. The summed E-state index contributed by atoms with van der Waals surface area (Å²) in [5.41, 5.74) is -0.560. The summed E-state index contributed by atoms with van der Waals surface area (Å²) in [5, 5.41) is 2.61. The van der Waals surface area contributed by atoms with Crippen molar-refractivity contribution >= 4 is 55.5 Å². The summed E-state index contributed by atoms with van der Waals surface area (Å²) >= 11 is 6.52. The van der Waals surface area contributed by atoms with Crippen molar-refractivity contribution in [3.05, 3.63) is 89.8 Å². The molecule has 0 aliphatic carbocycles. The predicted molar refractivity (Wildman–Crippen MR) is 128 cm³/mol. The van der Waals surface area contributed by atoms with Gasteiger partial charge in [0.25, 0.3) is 5.56 Å². The molecule has 9 nitrogen and oxygen atoms in total. The molecule has 35 heavy (non-hydrogen) atoms. The molecule has 2 aromatic carbocycles. The molecule has 0 aliphatic rings. The molecule has 0 saturated heterocycles. The summed E-state index contributed by atoms with van der Waals surface area (Å²) in [6, 6.07) is 10.8. The molecule has 14 heteroatoms. The second kappa shape index (κ2) is 11.0. The summed E-state index contributed by atoms with van der Waals surface area (Å²) < 4.78 is 42.8. The van der Waals surface area contributed by atoms with E-state index in [1.165, 1.54) is 49.5 Å². The average molecular weight is 561 g/mol. The molecule has 0 unspecified atom stereocenters. The maximum Gasteiger partial charge on any atom is 1.00 e. The van der Waals surface area contributed by atoms with Crippen LogP contribution in [0.2, 0.25) is 4.34 Å². The number of hydrogen-bond donors (Lipinski definition) is 2. The minimum absolute atomic E-state index is 0. The summed E-state index contributed by atoms with van der Waals surface area (Å²) in [6.07, 6.45) is -0.320. The first-order valence-corrected chi connectivity index (χ1v) is 12.2. The van der Waals surface area contributed by atoms with Crippen LogP contribution in [0.15, 0.2) is 62.3 Å². The Morgan fingerprint density at radius 2 is 1.86 bits per heavy atom. The number of anilines is 1. The molecule has 0 spiro atoms. The van der Waals surface area contributed by atoms with Crippen molar-refractivity contribution in [3.63, 3.8) is 0 Å². The van der Waals surface area contributed by atoms with Crippen molar-refractivity contribution in [1.82, 2.24) is 9.55 Å². The summed E-state index contributed by atoms with van der Waals surface area (Å²) in [4.78, 5) is 40.1. The number of rotatable bonds is 6. The van der Waals surface area contributed by atoms with Crippen molar-refractivity contribution in [2.45, 2.75) is 10.6 Å². The van der Waals surface area contributed by atoms with E-state index in [1.54, 1.807) is 0 Å². The zero-order valence-electron chi connectivity index (χ0n) is 18.3. The number of halogens is 2. The van der Waals surface area contributed by atoms with Gasteiger partial charge in [-0.25, -0.2) is 22.2 Å².